The standard InChI is InChI=1S/C11H18N4O3/c1-3-7(5-9(16)17)6-12-11(18)10-13-8(4-2)14-15-10/h7H,3-6H2,1-2H3,(H,12,18)(H,16,17)(H,13,14,15). The maximum atomic E-state index is 11.7. The van der Waals surface area contributed by atoms with Crippen LogP contribution >= 0.6 is 0 Å². The Morgan fingerprint density at radius 1 is 1.44 bits per heavy atom. The number of aliphatic carboxylic acids is 1. The van der Waals surface area contributed by atoms with Gasteiger partial charge in [-0.2, -0.15) is 0 Å². The lowest BCUT2D eigenvalue weighted by molar-refractivity contribution is -0.138. The van der Waals surface area contributed by atoms with E-state index in [4.69, 9.17) is 5.11 Å². The van der Waals surface area contributed by atoms with Crippen LogP contribution in [-0.4, -0.2) is 38.7 Å². The van der Waals surface area contributed by atoms with E-state index in [2.05, 4.69) is 20.5 Å². The lowest BCUT2D eigenvalue weighted by Gasteiger charge is -2.12. The van der Waals surface area contributed by atoms with Crippen molar-refractivity contribution < 1.29 is 14.7 Å². The van der Waals surface area contributed by atoms with Crippen LogP contribution in [0.3, 0.4) is 0 Å². The van der Waals surface area contributed by atoms with Gasteiger partial charge in [0.05, 0.1) is 0 Å². The van der Waals surface area contributed by atoms with Crippen LogP contribution in [0.1, 0.15) is 43.1 Å². The summed E-state index contributed by atoms with van der Waals surface area (Å²) in [6.45, 7) is 4.11. The molecule has 0 spiro atoms. The highest BCUT2D eigenvalue weighted by Gasteiger charge is 2.15. The number of carboxylic acids is 1. The maximum Gasteiger partial charge on any atom is 0.303 e. The Labute approximate surface area is 105 Å². The minimum absolute atomic E-state index is 0.0466. The SMILES string of the molecule is CCc1nc(C(=O)NCC(CC)CC(=O)O)n[nH]1. The number of amides is 1. The van der Waals surface area contributed by atoms with E-state index in [1.165, 1.54) is 0 Å². The molecule has 0 aliphatic carbocycles. The molecular weight excluding hydrogens is 236 g/mol. The first-order valence-electron chi connectivity index (χ1n) is 5.98. The lowest BCUT2D eigenvalue weighted by atomic mass is 10.0. The molecule has 0 aromatic carbocycles. The van der Waals surface area contributed by atoms with Crippen LogP contribution in [0.15, 0.2) is 0 Å². The van der Waals surface area contributed by atoms with Gasteiger partial charge in [0, 0.05) is 19.4 Å². The molecule has 0 fully saturated rings. The largest absolute Gasteiger partial charge is 0.481 e. The number of hydrogen-bond donors (Lipinski definition) is 3. The van der Waals surface area contributed by atoms with E-state index in [0.717, 1.165) is 0 Å². The third-order valence-corrected chi connectivity index (χ3v) is 2.66. The molecule has 1 atom stereocenters. The Hall–Kier alpha value is -1.92. The normalized spacial score (nSPS) is 12.1. The van der Waals surface area contributed by atoms with Crippen LogP contribution in [0.2, 0.25) is 0 Å². The zero-order valence-corrected chi connectivity index (χ0v) is 10.6. The molecule has 3 N–H and O–H groups in total. The van der Waals surface area contributed by atoms with Crippen LogP contribution in [-0.2, 0) is 11.2 Å². The minimum Gasteiger partial charge on any atom is -0.481 e. The summed E-state index contributed by atoms with van der Waals surface area (Å²) in [7, 11) is 0. The summed E-state index contributed by atoms with van der Waals surface area (Å²) in [6, 6.07) is 0. The number of hydrogen-bond acceptors (Lipinski definition) is 4. The monoisotopic (exact) mass is 254 g/mol. The van der Waals surface area contributed by atoms with Gasteiger partial charge in [-0.25, -0.2) is 4.98 Å². The Morgan fingerprint density at radius 2 is 2.17 bits per heavy atom. The molecule has 1 aromatic rings. The zero-order valence-electron chi connectivity index (χ0n) is 10.6. The smallest absolute Gasteiger partial charge is 0.303 e. The van der Waals surface area contributed by atoms with Crippen molar-refractivity contribution in [3.63, 3.8) is 0 Å². The first-order chi connectivity index (χ1) is 8.56. The third-order valence-electron chi connectivity index (χ3n) is 2.66. The topological polar surface area (TPSA) is 108 Å². The van der Waals surface area contributed by atoms with E-state index in [-0.39, 0.29) is 24.1 Å². The predicted octanol–water partition coefficient (Wildman–Crippen LogP) is 0.598. The van der Waals surface area contributed by atoms with Gasteiger partial charge >= 0.3 is 5.97 Å². The highest BCUT2D eigenvalue weighted by Crippen LogP contribution is 2.06. The quantitative estimate of drug-likeness (QED) is 0.660. The molecule has 1 aromatic heterocycles. The summed E-state index contributed by atoms with van der Waals surface area (Å²) < 4.78 is 0. The number of aromatic nitrogens is 3. The lowest BCUT2D eigenvalue weighted by Crippen LogP contribution is -2.30. The predicted molar refractivity (Wildman–Crippen MR) is 64.1 cm³/mol. The van der Waals surface area contributed by atoms with Crippen molar-refractivity contribution in [2.75, 3.05) is 6.54 Å². The highest BCUT2D eigenvalue weighted by atomic mass is 16.4. The molecule has 1 unspecified atom stereocenters. The number of carboxylic acid groups (broad SMARTS) is 1. The van der Waals surface area contributed by atoms with Gasteiger partial charge in [0.15, 0.2) is 0 Å². The average Bonchev–Trinajstić information content (AvgIpc) is 2.82. The Kier molecular flexibility index (Phi) is 5.29. The summed E-state index contributed by atoms with van der Waals surface area (Å²) in [4.78, 5) is 26.3. The molecule has 1 rings (SSSR count). The molecule has 0 aliphatic rings. The molecule has 7 heteroatoms. The first-order valence-corrected chi connectivity index (χ1v) is 5.98. The Bertz CT molecular complexity index is 416. The second-order valence-electron chi connectivity index (χ2n) is 4.04. The molecule has 0 bridgehead atoms. The summed E-state index contributed by atoms with van der Waals surface area (Å²) in [5, 5.41) is 17.8. The van der Waals surface area contributed by atoms with Gasteiger partial charge < -0.3 is 10.4 Å². The number of nitrogens with zero attached hydrogens (tertiary/aromatic N) is 2. The molecule has 0 saturated carbocycles. The first kappa shape index (κ1) is 14.1. The van der Waals surface area contributed by atoms with Gasteiger partial charge in [-0.05, 0) is 5.92 Å². The minimum atomic E-state index is -0.859. The van der Waals surface area contributed by atoms with E-state index < -0.39 is 5.97 Å². The number of H-pyrrole nitrogens is 1. The maximum absolute atomic E-state index is 11.7. The van der Waals surface area contributed by atoms with Gasteiger partial charge in [-0.15, -0.1) is 5.10 Å². The van der Waals surface area contributed by atoms with Crippen LogP contribution in [0.25, 0.3) is 0 Å². The van der Waals surface area contributed by atoms with E-state index in [1.54, 1.807) is 0 Å². The third kappa shape index (κ3) is 4.15. The van der Waals surface area contributed by atoms with Gasteiger partial charge in [-0.3, -0.25) is 14.7 Å². The Balaban J connectivity index is 2.46. The second-order valence-corrected chi connectivity index (χ2v) is 4.04. The summed E-state index contributed by atoms with van der Waals surface area (Å²) >= 11 is 0. The van der Waals surface area contributed by atoms with Crippen molar-refractivity contribution in [1.29, 1.82) is 0 Å². The zero-order chi connectivity index (χ0) is 13.5. The van der Waals surface area contributed by atoms with Gasteiger partial charge in [0.25, 0.3) is 5.91 Å². The van der Waals surface area contributed by atoms with E-state index in [0.29, 0.717) is 25.2 Å². The molecule has 1 amide bonds. The number of nitrogens with one attached hydrogen (secondary N) is 2. The van der Waals surface area contributed by atoms with Crippen molar-refractivity contribution in [2.24, 2.45) is 5.92 Å². The van der Waals surface area contributed by atoms with Gasteiger partial charge in [0.2, 0.25) is 5.82 Å². The van der Waals surface area contributed by atoms with Crippen molar-refractivity contribution in [3.05, 3.63) is 11.6 Å². The number of aromatic amines is 1. The van der Waals surface area contributed by atoms with Crippen molar-refractivity contribution in [3.8, 4) is 0 Å². The second kappa shape index (κ2) is 6.73. The summed E-state index contributed by atoms with van der Waals surface area (Å²) in [5.74, 6) is -0.567. The molecule has 1 heterocycles. The summed E-state index contributed by atoms with van der Waals surface area (Å²) in [5.41, 5.74) is 0. The summed E-state index contributed by atoms with van der Waals surface area (Å²) in [6.07, 6.45) is 1.42. The number of carbonyl (C=O) groups is 2. The number of carbonyl (C=O) groups excluding carboxylic acids is 1. The molecule has 0 aliphatic heterocycles. The van der Waals surface area contributed by atoms with E-state index in [1.807, 2.05) is 13.8 Å². The molecule has 0 radical (unpaired) electrons. The van der Waals surface area contributed by atoms with E-state index in [9.17, 15) is 9.59 Å². The number of rotatable bonds is 7. The fourth-order valence-corrected chi connectivity index (χ4v) is 1.48. The molecular formula is C11H18N4O3. The number of aryl methyl sites for hydroxylation is 1. The molecule has 100 valence electrons. The Morgan fingerprint density at radius 3 is 2.67 bits per heavy atom. The van der Waals surface area contributed by atoms with Crippen LogP contribution in [0.5, 0.6) is 0 Å². The molecule has 0 saturated heterocycles. The fraction of sp³-hybridized carbons (Fsp3) is 0.636. The highest BCUT2D eigenvalue weighted by molar-refractivity contribution is 5.90. The average molecular weight is 254 g/mol. The fourth-order valence-electron chi connectivity index (χ4n) is 1.48. The van der Waals surface area contributed by atoms with Crippen molar-refractivity contribution in [2.45, 2.75) is 33.1 Å². The van der Waals surface area contributed by atoms with Crippen molar-refractivity contribution >= 4 is 11.9 Å². The van der Waals surface area contributed by atoms with Crippen LogP contribution in [0, 0.1) is 5.92 Å². The molecule has 18 heavy (non-hydrogen) atoms. The van der Waals surface area contributed by atoms with Gasteiger partial charge in [0.1, 0.15) is 5.82 Å². The van der Waals surface area contributed by atoms with Gasteiger partial charge in [-0.1, -0.05) is 20.3 Å². The van der Waals surface area contributed by atoms with Crippen LogP contribution < -0.4 is 5.32 Å². The van der Waals surface area contributed by atoms with Crippen LogP contribution in [0.4, 0.5) is 0 Å². The van der Waals surface area contributed by atoms with Crippen molar-refractivity contribution in [1.82, 2.24) is 20.5 Å². The molecule has 7 nitrogen and oxygen atoms in total. The van der Waals surface area contributed by atoms with E-state index >= 15 is 0 Å².